The fourth-order valence-corrected chi connectivity index (χ4v) is 5.43. The summed E-state index contributed by atoms with van der Waals surface area (Å²) in [4.78, 5) is 0.117. The maximum atomic E-state index is 13.0. The first-order valence-electron chi connectivity index (χ1n) is 7.81. The number of fused-ring (bicyclic) bond motifs is 1. The Bertz CT molecular complexity index is 747. The molecule has 1 saturated heterocycles. The molecule has 1 aromatic rings. The first-order valence-corrected chi connectivity index (χ1v) is 9.25. The van der Waals surface area contributed by atoms with Gasteiger partial charge in [-0.25, -0.2) is 8.42 Å². The van der Waals surface area contributed by atoms with Gasteiger partial charge < -0.3 is 10.5 Å². The van der Waals surface area contributed by atoms with Crippen LogP contribution in [-0.2, 0) is 10.0 Å². The quantitative estimate of drug-likeness (QED) is 0.872. The molecule has 0 radical (unpaired) electrons. The van der Waals surface area contributed by atoms with Crippen molar-refractivity contribution >= 4 is 22.4 Å². The van der Waals surface area contributed by atoms with Crippen LogP contribution in [0.25, 0.3) is 0 Å². The topological polar surface area (TPSA) is 96.4 Å². The third-order valence-electron chi connectivity index (χ3n) is 5.03. The number of ether oxygens (including phenoxy) is 1. The molecule has 0 aromatic heterocycles. The van der Waals surface area contributed by atoms with E-state index in [4.69, 9.17) is 15.7 Å². The highest BCUT2D eigenvalue weighted by molar-refractivity contribution is 7.89. The highest BCUT2D eigenvalue weighted by atomic mass is 35.5. The maximum absolute atomic E-state index is 13.0. The van der Waals surface area contributed by atoms with Crippen molar-refractivity contribution in [2.45, 2.75) is 30.2 Å². The summed E-state index contributed by atoms with van der Waals surface area (Å²) in [5.41, 5.74) is 6.55. The highest BCUT2D eigenvalue weighted by Crippen LogP contribution is 2.39. The molecule has 3 atom stereocenters. The normalized spacial score (nSPS) is 27.0. The van der Waals surface area contributed by atoms with Crippen LogP contribution in [0.4, 0.5) is 0 Å². The van der Waals surface area contributed by atoms with Crippen molar-refractivity contribution in [3.63, 3.8) is 0 Å². The lowest BCUT2D eigenvalue weighted by molar-refractivity contribution is 0.260. The molecule has 3 unspecified atom stereocenters. The second-order valence-electron chi connectivity index (χ2n) is 6.32. The lowest BCUT2D eigenvalue weighted by Gasteiger charge is -2.29. The summed E-state index contributed by atoms with van der Waals surface area (Å²) < 4.78 is 32.7. The number of nitrogens with zero attached hydrogens (tertiary/aromatic N) is 2. The van der Waals surface area contributed by atoms with Crippen LogP contribution in [-0.4, -0.2) is 39.0 Å². The average molecular weight is 372 g/mol. The Balaban J connectivity index is 0.00000208. The molecule has 2 fully saturated rings. The monoisotopic (exact) mass is 371 g/mol. The second kappa shape index (κ2) is 7.28. The van der Waals surface area contributed by atoms with Crippen LogP contribution in [0.1, 0.15) is 24.8 Å². The zero-order valence-corrected chi connectivity index (χ0v) is 15.1. The van der Waals surface area contributed by atoms with E-state index in [0.29, 0.717) is 24.6 Å². The molecule has 2 N–H and O–H groups in total. The predicted octanol–water partition coefficient (Wildman–Crippen LogP) is 1.74. The third kappa shape index (κ3) is 3.24. The predicted molar refractivity (Wildman–Crippen MR) is 92.5 cm³/mol. The summed E-state index contributed by atoms with van der Waals surface area (Å²) >= 11 is 0. The van der Waals surface area contributed by atoms with Crippen LogP contribution < -0.4 is 10.5 Å². The van der Waals surface area contributed by atoms with Gasteiger partial charge in [-0.3, -0.25) is 0 Å². The first kappa shape index (κ1) is 19.0. The van der Waals surface area contributed by atoms with Gasteiger partial charge in [-0.15, -0.1) is 12.4 Å². The number of nitrogens with two attached hydrogens (primary N) is 1. The number of methoxy groups -OCH3 is 1. The van der Waals surface area contributed by atoms with Gasteiger partial charge in [0, 0.05) is 19.1 Å². The van der Waals surface area contributed by atoms with Crippen molar-refractivity contribution in [1.29, 1.82) is 5.26 Å². The molecule has 6 nitrogen and oxygen atoms in total. The van der Waals surface area contributed by atoms with Gasteiger partial charge >= 0.3 is 0 Å². The van der Waals surface area contributed by atoms with Gasteiger partial charge in [0.2, 0.25) is 10.0 Å². The van der Waals surface area contributed by atoms with E-state index in [0.717, 1.165) is 19.3 Å². The molecular formula is C16H22ClN3O3S. The Hall–Kier alpha value is -1.33. The molecule has 8 heteroatoms. The van der Waals surface area contributed by atoms with E-state index in [1.807, 2.05) is 6.07 Å². The summed E-state index contributed by atoms with van der Waals surface area (Å²) in [6.07, 6.45) is 3.07. The molecule has 2 aliphatic rings. The minimum atomic E-state index is -3.64. The Morgan fingerprint density at radius 3 is 2.71 bits per heavy atom. The smallest absolute Gasteiger partial charge is 0.246 e. The molecule has 1 aromatic carbocycles. The van der Waals surface area contributed by atoms with Crippen molar-refractivity contribution in [1.82, 2.24) is 4.31 Å². The van der Waals surface area contributed by atoms with Crippen LogP contribution in [0.5, 0.6) is 5.75 Å². The van der Waals surface area contributed by atoms with Crippen molar-refractivity contribution in [2.24, 2.45) is 17.6 Å². The van der Waals surface area contributed by atoms with E-state index < -0.39 is 10.0 Å². The summed E-state index contributed by atoms with van der Waals surface area (Å²) in [6, 6.07) is 6.49. The Morgan fingerprint density at radius 2 is 2.08 bits per heavy atom. The third-order valence-corrected chi connectivity index (χ3v) is 6.90. The zero-order valence-electron chi connectivity index (χ0n) is 13.5. The van der Waals surface area contributed by atoms with Crippen molar-refractivity contribution < 1.29 is 13.2 Å². The first-order chi connectivity index (χ1) is 11.0. The molecule has 0 bridgehead atoms. The molecule has 1 heterocycles. The Kier molecular flexibility index (Phi) is 5.76. The van der Waals surface area contributed by atoms with Gasteiger partial charge in [-0.2, -0.15) is 9.57 Å². The molecule has 132 valence electrons. The average Bonchev–Trinajstić information content (AvgIpc) is 3.00. The van der Waals surface area contributed by atoms with Crippen LogP contribution in [0, 0.1) is 23.2 Å². The molecule has 3 rings (SSSR count). The SMILES string of the molecule is COc1cc(C#N)ccc1S(=O)(=O)N1CC2CCCC(N)C2C1.Cl. The summed E-state index contributed by atoms with van der Waals surface area (Å²) in [5.74, 6) is 0.795. The van der Waals surface area contributed by atoms with Gasteiger partial charge in [0.1, 0.15) is 10.6 Å². The van der Waals surface area contributed by atoms with Gasteiger partial charge in [-0.05, 0) is 42.9 Å². The molecular weight excluding hydrogens is 350 g/mol. The number of rotatable bonds is 3. The van der Waals surface area contributed by atoms with Crippen LogP contribution in [0.2, 0.25) is 0 Å². The fourth-order valence-electron chi connectivity index (χ4n) is 3.76. The van der Waals surface area contributed by atoms with Gasteiger partial charge in [-0.1, -0.05) is 6.42 Å². The van der Waals surface area contributed by atoms with Gasteiger partial charge in [0.25, 0.3) is 0 Å². The molecule has 1 aliphatic heterocycles. The van der Waals surface area contributed by atoms with Crippen LogP contribution >= 0.6 is 12.4 Å². The van der Waals surface area contributed by atoms with E-state index in [2.05, 4.69) is 0 Å². The van der Waals surface area contributed by atoms with Crippen LogP contribution in [0.3, 0.4) is 0 Å². The lowest BCUT2D eigenvalue weighted by atomic mass is 9.78. The van der Waals surface area contributed by atoms with E-state index in [9.17, 15) is 8.42 Å². The van der Waals surface area contributed by atoms with E-state index in [1.165, 1.54) is 29.6 Å². The summed E-state index contributed by atoms with van der Waals surface area (Å²) in [5, 5.41) is 8.95. The molecule has 1 saturated carbocycles. The van der Waals surface area contributed by atoms with Crippen molar-refractivity contribution in [2.75, 3.05) is 20.2 Å². The summed E-state index contributed by atoms with van der Waals surface area (Å²) in [6.45, 7) is 0.987. The molecule has 0 amide bonds. The second-order valence-corrected chi connectivity index (χ2v) is 8.22. The number of nitriles is 1. The Labute approximate surface area is 149 Å². The zero-order chi connectivity index (χ0) is 16.6. The van der Waals surface area contributed by atoms with Crippen molar-refractivity contribution in [3.05, 3.63) is 23.8 Å². The van der Waals surface area contributed by atoms with Crippen LogP contribution in [0.15, 0.2) is 23.1 Å². The Morgan fingerprint density at radius 1 is 1.33 bits per heavy atom. The number of hydrogen-bond donors (Lipinski definition) is 1. The fraction of sp³-hybridized carbons (Fsp3) is 0.562. The number of hydrogen-bond acceptors (Lipinski definition) is 5. The number of sulfonamides is 1. The maximum Gasteiger partial charge on any atom is 0.246 e. The minimum Gasteiger partial charge on any atom is -0.495 e. The van der Waals surface area contributed by atoms with E-state index in [1.54, 1.807) is 0 Å². The minimum absolute atomic E-state index is 0. The number of benzene rings is 1. The largest absolute Gasteiger partial charge is 0.495 e. The van der Waals surface area contributed by atoms with E-state index in [-0.39, 0.29) is 35.0 Å². The molecule has 1 aliphatic carbocycles. The number of halogens is 1. The highest BCUT2D eigenvalue weighted by Gasteiger charge is 2.43. The van der Waals surface area contributed by atoms with Gasteiger partial charge in [0.05, 0.1) is 18.7 Å². The molecule has 0 spiro atoms. The van der Waals surface area contributed by atoms with E-state index >= 15 is 0 Å². The van der Waals surface area contributed by atoms with Crippen molar-refractivity contribution in [3.8, 4) is 11.8 Å². The van der Waals surface area contributed by atoms with Gasteiger partial charge in [0.15, 0.2) is 0 Å². The lowest BCUT2D eigenvalue weighted by Crippen LogP contribution is -2.38. The summed E-state index contributed by atoms with van der Waals surface area (Å²) in [7, 11) is -2.23. The standard InChI is InChI=1S/C16H21N3O3S.ClH/c1-22-15-7-11(8-17)5-6-16(15)23(20,21)19-9-12-3-2-4-14(18)13(12)10-19;/h5-7,12-14H,2-4,9-10,18H2,1H3;1H. The molecule has 24 heavy (non-hydrogen) atoms.